The molecule has 0 bridgehead atoms. The van der Waals surface area contributed by atoms with Gasteiger partial charge < -0.3 is 18.8 Å². The Balaban J connectivity index is 0.000000106. The van der Waals surface area contributed by atoms with Crippen molar-refractivity contribution in [3.8, 4) is 113 Å². The number of aromatic nitrogens is 8. The Kier molecular flexibility index (Phi) is 20.3. The molecule has 2 aliphatic heterocycles. The summed E-state index contributed by atoms with van der Waals surface area (Å²) in [6, 6.07) is 167. The second kappa shape index (κ2) is 34.8. The monoisotopic (exact) mass is 1940 g/mol. The molecule has 0 fully saturated rings. The molecule has 8 aromatic heterocycles. The minimum atomic E-state index is -0.196. The van der Waals surface area contributed by atoms with Crippen LogP contribution in [0.3, 0.4) is 0 Å². The number of thiophene rings is 1. The molecular formula is C138H92N10OS. The standard InChI is InChI=1S/C48H30N4S.C46H28N4O.C44H34N2/c1-4-16-31(17-5-1)37-30-43(50-48(49-37)32-18-6-2-7-19-32)52-40-28-29-42-44(36-24-12-15-27-41(36)53-42)46(40)45-34-22-10-13-25-38(34)51(33-20-8-3-9-21-33)39-26-14-11-23-35(39)47(45)52;1-2-15-31(16-3-1)50-40-26-25-29-13-4-5-18-33(29)42(40)43-34-19-6-9-22-38(34)49(39-23-10-7-20-35(39)45(43)50)32-17-12-14-30(27-32)37-28-47-46-44(48-37)36-21-8-11-24-41(36)51-46;1-43(2)35-20-9-7-18-34(35)41-40(33-23-24-45-26-37(33)43)39-29(19-12-21-36(39)44(41,3)4)27-13-11-14-28(25-27)42-32-17-6-5-15-30(32)31-16-8-10-22-38(31)46-42/h1-30H;1-28H;5-26H,1-4H3. The van der Waals surface area contributed by atoms with E-state index in [4.69, 9.17) is 29.3 Å². The summed E-state index contributed by atoms with van der Waals surface area (Å²) in [5.41, 5.74) is 42.1. The Morgan fingerprint density at radius 1 is 0.293 bits per heavy atom. The molecule has 19 aromatic carbocycles. The van der Waals surface area contributed by atoms with Crippen LogP contribution in [0, 0.1) is 0 Å². The van der Waals surface area contributed by atoms with Gasteiger partial charge in [-0.2, -0.15) is 0 Å². The van der Waals surface area contributed by atoms with Crippen LogP contribution in [0.4, 0.5) is 34.1 Å². The zero-order chi connectivity index (χ0) is 99.6. The third kappa shape index (κ3) is 13.8. The number of pyridine rings is 2. The maximum atomic E-state index is 5.99. The normalized spacial score (nSPS) is 13.3. The molecule has 4 aliphatic rings. The van der Waals surface area contributed by atoms with Crippen molar-refractivity contribution in [1.82, 2.24) is 39.0 Å². The summed E-state index contributed by atoms with van der Waals surface area (Å²) in [6.45, 7) is 9.49. The topological polar surface area (TPSA) is 107 Å². The minimum absolute atomic E-state index is 0.189. The van der Waals surface area contributed by atoms with Gasteiger partial charge in [-0.15, -0.1) is 11.3 Å². The highest BCUT2D eigenvalue weighted by Crippen LogP contribution is 2.63. The lowest BCUT2D eigenvalue weighted by atomic mass is 9.72. The van der Waals surface area contributed by atoms with Crippen LogP contribution < -0.4 is 9.80 Å². The maximum Gasteiger partial charge on any atom is 0.246 e. The highest BCUT2D eigenvalue weighted by molar-refractivity contribution is 7.26. The number of benzene rings is 19. The summed E-state index contributed by atoms with van der Waals surface area (Å²) in [5.74, 6) is 1.51. The number of anilines is 6. The van der Waals surface area contributed by atoms with Gasteiger partial charge in [0, 0.05) is 149 Å². The Bertz CT molecular complexity index is 10200. The summed E-state index contributed by atoms with van der Waals surface area (Å²) in [7, 11) is 0. The molecular weight excluding hydrogens is 1850 g/mol. The van der Waals surface area contributed by atoms with Crippen LogP contribution in [0.15, 0.2) is 490 Å². The van der Waals surface area contributed by atoms with Gasteiger partial charge in [-0.05, 0) is 187 Å². The molecule has 27 aromatic rings. The third-order valence-electron chi connectivity index (χ3n) is 31.1. The number of rotatable bonds is 9. The summed E-state index contributed by atoms with van der Waals surface area (Å²) >= 11 is 1.86. The first-order valence-electron chi connectivity index (χ1n) is 51.2. The van der Waals surface area contributed by atoms with Crippen molar-refractivity contribution in [2.24, 2.45) is 0 Å². The zero-order valence-electron chi connectivity index (χ0n) is 82.5. The first-order chi connectivity index (χ1) is 74.0. The van der Waals surface area contributed by atoms with Crippen LogP contribution in [-0.4, -0.2) is 39.0 Å². The van der Waals surface area contributed by atoms with E-state index < -0.39 is 0 Å². The molecule has 0 unspecified atom stereocenters. The number of hydrogen-bond acceptors (Lipinski definition) is 10. The number of hydrogen-bond donors (Lipinski definition) is 0. The van der Waals surface area contributed by atoms with E-state index in [1.165, 1.54) is 147 Å². The van der Waals surface area contributed by atoms with Crippen molar-refractivity contribution < 1.29 is 4.42 Å². The molecule has 0 amide bonds. The molecule has 150 heavy (non-hydrogen) atoms. The molecule has 0 saturated heterocycles. The summed E-state index contributed by atoms with van der Waals surface area (Å²) in [5, 5.41) is 12.0. The molecule has 0 saturated carbocycles. The molecule has 2 aliphatic carbocycles. The maximum absolute atomic E-state index is 5.99. The van der Waals surface area contributed by atoms with E-state index >= 15 is 0 Å². The Labute approximate surface area is 870 Å². The van der Waals surface area contributed by atoms with Crippen LogP contribution in [0.5, 0.6) is 0 Å². The number of allylic oxidation sites excluding steroid dienone is 1. The summed E-state index contributed by atoms with van der Waals surface area (Å²) in [6.07, 6.45) is 5.86. The average Bonchev–Trinajstić information content (AvgIpc) is 1.55. The van der Waals surface area contributed by atoms with Gasteiger partial charge in [0.25, 0.3) is 0 Å². The molecule has 0 spiro atoms. The lowest BCUT2D eigenvalue weighted by molar-refractivity contribution is 0.631. The molecule has 0 atom stereocenters. The molecule has 31 rings (SSSR count). The first-order valence-corrected chi connectivity index (χ1v) is 52.0. The van der Waals surface area contributed by atoms with Crippen molar-refractivity contribution in [3.63, 3.8) is 0 Å². The van der Waals surface area contributed by atoms with Gasteiger partial charge in [-0.3, -0.25) is 9.55 Å². The number of furan rings is 1. The van der Waals surface area contributed by atoms with Crippen molar-refractivity contribution >= 4 is 153 Å². The predicted octanol–water partition coefficient (Wildman–Crippen LogP) is 36.5. The van der Waals surface area contributed by atoms with Crippen LogP contribution in [0.1, 0.15) is 61.1 Å². The van der Waals surface area contributed by atoms with Crippen LogP contribution in [0.25, 0.3) is 220 Å². The lowest BCUT2D eigenvalue weighted by Gasteiger charge is -2.31. The molecule has 706 valence electrons. The number of para-hydroxylation sites is 8. The van der Waals surface area contributed by atoms with E-state index in [2.05, 4.69) is 489 Å². The fraction of sp³-hybridized carbons (Fsp3) is 0.0435. The first kappa shape index (κ1) is 87.4. The molecule has 0 radical (unpaired) electrons. The second-order valence-electron chi connectivity index (χ2n) is 40.2. The van der Waals surface area contributed by atoms with Crippen LogP contribution in [-0.2, 0) is 10.8 Å². The molecule has 11 nitrogen and oxygen atoms in total. The SMILES string of the molecule is CC1(C)C2=C(c3ccncc3C(C)(C)c3ccccc32)c2c(-c3cccc(-c4nc5ccccc5c5ccccc45)c3)cccc21.c1ccc(-c2cc(-n3c4c(c5c6c(ccc53)sc3ccccc36)-c3ccccc3N(c3ccccc3)c3ccccc3-4)nc(-c3ccccc3)n2)cc1.c1ccc(-n2c3c(c4c5ccccc5ccc42)-c2ccccc2N(c2cccc(-c4cnc5oc6ccccc6c5n4)c2)c2ccccc2-3)cc1. The molecule has 0 N–H and O–H groups in total. The largest absolute Gasteiger partial charge is 0.436 e. The summed E-state index contributed by atoms with van der Waals surface area (Å²) < 4.78 is 13.4. The molecule has 12 heteroatoms. The van der Waals surface area contributed by atoms with Gasteiger partial charge in [-0.1, -0.05) is 373 Å². The van der Waals surface area contributed by atoms with E-state index in [9.17, 15) is 0 Å². The highest BCUT2D eigenvalue weighted by atomic mass is 32.1. The predicted molar refractivity (Wildman–Crippen MR) is 622 cm³/mol. The lowest BCUT2D eigenvalue weighted by Crippen LogP contribution is -2.23. The zero-order valence-corrected chi connectivity index (χ0v) is 83.3. The average molecular weight is 1940 g/mol. The van der Waals surface area contributed by atoms with Gasteiger partial charge in [0.1, 0.15) is 16.9 Å². The van der Waals surface area contributed by atoms with Crippen molar-refractivity contribution in [2.75, 3.05) is 9.80 Å². The van der Waals surface area contributed by atoms with E-state index in [1.807, 2.05) is 60.1 Å². The van der Waals surface area contributed by atoms with Crippen molar-refractivity contribution in [3.05, 3.63) is 519 Å². The van der Waals surface area contributed by atoms with Crippen molar-refractivity contribution in [2.45, 2.75) is 38.5 Å². The fourth-order valence-electron chi connectivity index (χ4n) is 24.5. The van der Waals surface area contributed by atoms with E-state index in [0.29, 0.717) is 11.5 Å². The highest BCUT2D eigenvalue weighted by Gasteiger charge is 2.47. The number of fused-ring (bicyclic) bond motifs is 32. The second-order valence-corrected chi connectivity index (χ2v) is 41.2. The van der Waals surface area contributed by atoms with E-state index in [0.717, 1.165) is 129 Å². The van der Waals surface area contributed by atoms with Gasteiger partial charge >= 0.3 is 0 Å². The van der Waals surface area contributed by atoms with Crippen LogP contribution >= 0.6 is 11.3 Å². The minimum Gasteiger partial charge on any atom is -0.436 e. The summed E-state index contributed by atoms with van der Waals surface area (Å²) in [4.78, 5) is 35.1. The van der Waals surface area contributed by atoms with Crippen LogP contribution in [0.2, 0.25) is 0 Å². The van der Waals surface area contributed by atoms with E-state index in [-0.39, 0.29) is 10.8 Å². The van der Waals surface area contributed by atoms with Crippen molar-refractivity contribution in [1.29, 1.82) is 0 Å². The third-order valence-corrected chi connectivity index (χ3v) is 32.2. The van der Waals surface area contributed by atoms with Gasteiger partial charge in [0.05, 0.1) is 74.0 Å². The van der Waals surface area contributed by atoms with Gasteiger partial charge in [0.15, 0.2) is 5.82 Å². The quantitative estimate of drug-likeness (QED) is 0.131. The molecule has 10 heterocycles. The van der Waals surface area contributed by atoms with E-state index in [1.54, 1.807) is 0 Å². The Hall–Kier alpha value is -19.1. The fourth-order valence-corrected chi connectivity index (χ4v) is 25.6. The Morgan fingerprint density at radius 2 is 0.827 bits per heavy atom. The number of nitrogens with zero attached hydrogens (tertiary/aromatic N) is 10. The van der Waals surface area contributed by atoms with Gasteiger partial charge in [-0.25, -0.2) is 24.9 Å². The van der Waals surface area contributed by atoms with Gasteiger partial charge in [0.2, 0.25) is 5.71 Å². The smallest absolute Gasteiger partial charge is 0.246 e. The Morgan fingerprint density at radius 3 is 1.57 bits per heavy atom.